The fourth-order valence-electron chi connectivity index (χ4n) is 1.04. The molecule has 0 aliphatic rings. The van der Waals surface area contributed by atoms with E-state index < -0.39 is 10.0 Å². The Morgan fingerprint density at radius 3 is 2.69 bits per heavy atom. The predicted molar refractivity (Wildman–Crippen MR) is 65.8 cm³/mol. The Morgan fingerprint density at radius 2 is 2.12 bits per heavy atom. The lowest BCUT2D eigenvalue weighted by Gasteiger charge is -2.06. The Morgan fingerprint density at radius 1 is 1.44 bits per heavy atom. The molecule has 0 amide bonds. The third kappa shape index (κ3) is 4.42. The summed E-state index contributed by atoms with van der Waals surface area (Å²) in [6.07, 6.45) is 0. The molecule has 1 rings (SSSR count). The van der Waals surface area contributed by atoms with Gasteiger partial charge in [-0.05, 0) is 29.9 Å². The van der Waals surface area contributed by atoms with Crippen molar-refractivity contribution in [2.75, 3.05) is 24.7 Å². The summed E-state index contributed by atoms with van der Waals surface area (Å²) in [5, 5.41) is 2.92. The molecule has 1 aromatic heterocycles. The van der Waals surface area contributed by atoms with Crippen molar-refractivity contribution in [1.29, 1.82) is 0 Å². The zero-order valence-corrected chi connectivity index (χ0v) is 11.4. The first-order valence-corrected chi connectivity index (χ1v) is 7.04. The molecule has 0 atom stereocenters. The molecule has 2 N–H and O–H groups in total. The SMILES string of the molecule is CNS(=O)(=O)CCNc1cc(Br)nc(C)n1. The number of aryl methyl sites for hydroxylation is 1. The lowest BCUT2D eigenvalue weighted by atomic mass is 10.5. The second-order valence-electron chi connectivity index (χ2n) is 3.07. The molecule has 0 bridgehead atoms. The molecular weight excluding hydrogens is 296 g/mol. The van der Waals surface area contributed by atoms with Crippen molar-refractivity contribution in [1.82, 2.24) is 14.7 Å². The number of sulfonamides is 1. The van der Waals surface area contributed by atoms with Crippen LogP contribution in [0, 0.1) is 6.92 Å². The summed E-state index contributed by atoms with van der Waals surface area (Å²) in [7, 11) is -1.79. The Balaban J connectivity index is 2.55. The smallest absolute Gasteiger partial charge is 0.213 e. The Bertz CT molecular complexity index is 443. The monoisotopic (exact) mass is 308 g/mol. The minimum atomic E-state index is -3.18. The van der Waals surface area contributed by atoms with Gasteiger partial charge < -0.3 is 5.32 Å². The van der Waals surface area contributed by atoms with Crippen LogP contribution in [0.2, 0.25) is 0 Å². The molecule has 0 spiro atoms. The Kier molecular flexibility index (Phi) is 4.63. The van der Waals surface area contributed by atoms with Gasteiger partial charge in [-0.3, -0.25) is 0 Å². The molecule has 1 aromatic rings. The zero-order chi connectivity index (χ0) is 12.2. The van der Waals surface area contributed by atoms with Crippen LogP contribution < -0.4 is 10.0 Å². The van der Waals surface area contributed by atoms with Gasteiger partial charge >= 0.3 is 0 Å². The second-order valence-corrected chi connectivity index (χ2v) is 5.93. The van der Waals surface area contributed by atoms with Gasteiger partial charge in [-0.25, -0.2) is 23.1 Å². The van der Waals surface area contributed by atoms with Crippen molar-refractivity contribution in [2.24, 2.45) is 0 Å². The van der Waals surface area contributed by atoms with Gasteiger partial charge in [0.05, 0.1) is 5.75 Å². The molecular formula is C8H13BrN4O2S. The van der Waals surface area contributed by atoms with Crippen LogP contribution in [0.1, 0.15) is 5.82 Å². The molecule has 0 aromatic carbocycles. The van der Waals surface area contributed by atoms with E-state index in [9.17, 15) is 8.42 Å². The van der Waals surface area contributed by atoms with Crippen molar-refractivity contribution in [3.8, 4) is 0 Å². The van der Waals surface area contributed by atoms with E-state index in [1.165, 1.54) is 7.05 Å². The molecule has 1 heterocycles. The highest BCUT2D eigenvalue weighted by Gasteiger charge is 2.06. The van der Waals surface area contributed by atoms with Crippen LogP contribution in [-0.4, -0.2) is 37.7 Å². The van der Waals surface area contributed by atoms with Gasteiger partial charge in [-0.15, -0.1) is 0 Å². The van der Waals surface area contributed by atoms with Crippen LogP contribution in [0.5, 0.6) is 0 Å². The van der Waals surface area contributed by atoms with E-state index in [-0.39, 0.29) is 5.75 Å². The lowest BCUT2D eigenvalue weighted by Crippen LogP contribution is -2.26. The summed E-state index contributed by atoms with van der Waals surface area (Å²) >= 11 is 3.24. The molecule has 0 fully saturated rings. The maximum Gasteiger partial charge on any atom is 0.213 e. The van der Waals surface area contributed by atoms with Crippen molar-refractivity contribution in [3.63, 3.8) is 0 Å². The maximum absolute atomic E-state index is 11.1. The van der Waals surface area contributed by atoms with Gasteiger partial charge in [0.25, 0.3) is 0 Å². The standard InChI is InChI=1S/C8H13BrN4O2S/c1-6-12-7(9)5-8(13-6)11-3-4-16(14,15)10-2/h5,10H,3-4H2,1-2H3,(H,11,12,13). The first-order valence-electron chi connectivity index (χ1n) is 4.59. The number of nitrogens with one attached hydrogen (secondary N) is 2. The van der Waals surface area contributed by atoms with Crippen molar-refractivity contribution >= 4 is 31.8 Å². The number of aromatic nitrogens is 2. The third-order valence-electron chi connectivity index (χ3n) is 1.79. The fourth-order valence-corrected chi connectivity index (χ4v) is 2.09. The number of hydrogen-bond acceptors (Lipinski definition) is 5. The lowest BCUT2D eigenvalue weighted by molar-refractivity contribution is 0.588. The molecule has 6 nitrogen and oxygen atoms in total. The van der Waals surface area contributed by atoms with Crippen LogP contribution in [0.3, 0.4) is 0 Å². The van der Waals surface area contributed by atoms with Crippen LogP contribution >= 0.6 is 15.9 Å². The summed E-state index contributed by atoms with van der Waals surface area (Å²) in [4.78, 5) is 8.15. The summed E-state index contributed by atoms with van der Waals surface area (Å²) in [5.74, 6) is 1.23. The average molecular weight is 309 g/mol. The molecule has 16 heavy (non-hydrogen) atoms. The zero-order valence-electron chi connectivity index (χ0n) is 8.99. The van der Waals surface area contributed by atoms with Crippen LogP contribution in [-0.2, 0) is 10.0 Å². The summed E-state index contributed by atoms with van der Waals surface area (Å²) in [5.41, 5.74) is 0. The van der Waals surface area contributed by atoms with Gasteiger partial charge in [0, 0.05) is 12.6 Å². The normalized spacial score (nSPS) is 11.4. The number of halogens is 1. The maximum atomic E-state index is 11.1. The van der Waals surface area contributed by atoms with Gasteiger partial charge in [-0.1, -0.05) is 0 Å². The summed E-state index contributed by atoms with van der Waals surface area (Å²) in [6, 6.07) is 1.69. The minimum absolute atomic E-state index is 0.00414. The van der Waals surface area contributed by atoms with Crippen LogP contribution in [0.15, 0.2) is 10.7 Å². The quantitative estimate of drug-likeness (QED) is 0.774. The summed E-state index contributed by atoms with van der Waals surface area (Å²) in [6.45, 7) is 2.06. The predicted octanol–water partition coefficient (Wildman–Crippen LogP) is 0.509. The molecule has 0 saturated heterocycles. The Hall–Kier alpha value is -0.730. The molecule has 0 unspecified atom stereocenters. The van der Waals surface area contributed by atoms with E-state index in [2.05, 4.69) is 35.9 Å². The molecule has 0 aliphatic heterocycles. The highest BCUT2D eigenvalue weighted by molar-refractivity contribution is 9.10. The van der Waals surface area contributed by atoms with Gasteiger partial charge in [0.15, 0.2) is 0 Å². The van der Waals surface area contributed by atoms with Gasteiger partial charge in [-0.2, -0.15) is 0 Å². The molecule has 0 aliphatic carbocycles. The highest BCUT2D eigenvalue weighted by atomic mass is 79.9. The van der Waals surface area contributed by atoms with Crippen molar-refractivity contribution in [2.45, 2.75) is 6.92 Å². The second kappa shape index (κ2) is 5.55. The van der Waals surface area contributed by atoms with E-state index in [1.54, 1.807) is 13.0 Å². The highest BCUT2D eigenvalue weighted by Crippen LogP contribution is 2.11. The topological polar surface area (TPSA) is 84.0 Å². The minimum Gasteiger partial charge on any atom is -0.369 e. The van der Waals surface area contributed by atoms with Gasteiger partial charge in [0.1, 0.15) is 16.2 Å². The van der Waals surface area contributed by atoms with Crippen LogP contribution in [0.25, 0.3) is 0 Å². The Labute approximate surface area is 103 Å². The van der Waals surface area contributed by atoms with E-state index in [0.29, 0.717) is 22.8 Å². The molecule has 0 saturated carbocycles. The van der Waals surface area contributed by atoms with Crippen molar-refractivity contribution < 1.29 is 8.42 Å². The van der Waals surface area contributed by atoms with Gasteiger partial charge in [0.2, 0.25) is 10.0 Å². The molecule has 0 radical (unpaired) electrons. The van der Waals surface area contributed by atoms with E-state index in [0.717, 1.165) is 0 Å². The van der Waals surface area contributed by atoms with Crippen molar-refractivity contribution in [3.05, 3.63) is 16.5 Å². The third-order valence-corrected chi connectivity index (χ3v) is 3.56. The summed E-state index contributed by atoms with van der Waals surface area (Å²) < 4.78 is 25.2. The number of rotatable bonds is 5. The average Bonchev–Trinajstić information content (AvgIpc) is 2.16. The van der Waals surface area contributed by atoms with E-state index >= 15 is 0 Å². The first-order chi connectivity index (χ1) is 7.43. The molecule has 90 valence electrons. The number of anilines is 1. The number of hydrogen-bond donors (Lipinski definition) is 2. The van der Waals surface area contributed by atoms with Crippen LogP contribution in [0.4, 0.5) is 5.82 Å². The first kappa shape index (κ1) is 13.3. The number of nitrogens with zero attached hydrogens (tertiary/aromatic N) is 2. The fraction of sp³-hybridized carbons (Fsp3) is 0.500. The van der Waals surface area contributed by atoms with E-state index in [4.69, 9.17) is 0 Å². The largest absolute Gasteiger partial charge is 0.369 e. The molecule has 8 heteroatoms. The van der Waals surface area contributed by atoms with E-state index in [1.807, 2.05) is 0 Å².